The molecule has 0 amide bonds. The lowest BCUT2D eigenvalue weighted by molar-refractivity contribution is 0.310. The van der Waals surface area contributed by atoms with Crippen molar-refractivity contribution >= 4 is 0 Å². The van der Waals surface area contributed by atoms with Gasteiger partial charge in [0.15, 0.2) is 0 Å². The lowest BCUT2D eigenvalue weighted by Gasteiger charge is -2.21. The Morgan fingerprint density at radius 3 is 2.90 bits per heavy atom. The molecule has 3 N–H and O–H groups in total. The van der Waals surface area contributed by atoms with E-state index in [9.17, 15) is 0 Å². The summed E-state index contributed by atoms with van der Waals surface area (Å²) in [5.41, 5.74) is 8.41. The van der Waals surface area contributed by atoms with Crippen molar-refractivity contribution in [3.05, 3.63) is 24.6 Å². The molecule has 0 aromatic heterocycles. The van der Waals surface area contributed by atoms with Crippen LogP contribution in [-0.4, -0.2) is 18.1 Å². The molecule has 0 aliphatic carbocycles. The maximum atomic E-state index is 5.35. The maximum absolute atomic E-state index is 5.35. The predicted molar refractivity (Wildman–Crippen MR) is 41.8 cm³/mol. The molecule has 3 nitrogen and oxygen atoms in total. The lowest BCUT2D eigenvalue weighted by Crippen LogP contribution is -2.32. The van der Waals surface area contributed by atoms with Crippen LogP contribution in [0.25, 0.3) is 0 Å². The molecule has 0 aromatic carbocycles. The fraction of sp³-hybridized carbons (Fsp3) is 0.429. The highest BCUT2D eigenvalue weighted by Gasteiger charge is 1.95. The van der Waals surface area contributed by atoms with Crippen LogP contribution >= 0.6 is 0 Å². The van der Waals surface area contributed by atoms with Crippen molar-refractivity contribution < 1.29 is 0 Å². The molecular formula is C7H13N3. The highest BCUT2D eigenvalue weighted by atomic mass is 15.5. The second-order valence-corrected chi connectivity index (χ2v) is 2.17. The molecule has 0 unspecified atom stereocenters. The molecule has 10 heavy (non-hydrogen) atoms. The molecule has 0 radical (unpaired) electrons. The number of nitrogens with one attached hydrogen (secondary N) is 1. The first-order chi connectivity index (χ1) is 4.93. The van der Waals surface area contributed by atoms with Gasteiger partial charge in [0.1, 0.15) is 0 Å². The Morgan fingerprint density at radius 1 is 1.40 bits per heavy atom. The second kappa shape index (κ2) is 3.95. The Kier molecular flexibility index (Phi) is 2.83. The van der Waals surface area contributed by atoms with Gasteiger partial charge in [0.2, 0.25) is 0 Å². The zero-order chi connectivity index (χ0) is 7.23. The topological polar surface area (TPSA) is 41.3 Å². The molecule has 1 heterocycles. The Labute approximate surface area is 61.2 Å². The number of hydrogen-bond donors (Lipinski definition) is 2. The Hall–Kier alpha value is -0.960. The predicted octanol–water partition coefficient (Wildman–Crippen LogP) is 0.183. The van der Waals surface area contributed by atoms with Gasteiger partial charge in [-0.3, -0.25) is 5.01 Å². The average molecular weight is 139 g/mol. The van der Waals surface area contributed by atoms with Crippen molar-refractivity contribution in [1.82, 2.24) is 10.4 Å². The van der Waals surface area contributed by atoms with Crippen LogP contribution in [0.4, 0.5) is 0 Å². The van der Waals surface area contributed by atoms with Gasteiger partial charge in [-0.25, -0.2) is 0 Å². The van der Waals surface area contributed by atoms with E-state index in [0.29, 0.717) is 0 Å². The van der Waals surface area contributed by atoms with Crippen LogP contribution in [0.5, 0.6) is 0 Å². The number of nitrogens with two attached hydrogens (primary N) is 1. The van der Waals surface area contributed by atoms with Crippen LogP contribution in [0.3, 0.4) is 0 Å². The normalized spacial score (nSPS) is 15.5. The summed E-state index contributed by atoms with van der Waals surface area (Å²) in [6.45, 7) is 1.72. The van der Waals surface area contributed by atoms with Gasteiger partial charge in [0, 0.05) is 18.9 Å². The molecule has 1 aliphatic rings. The summed E-state index contributed by atoms with van der Waals surface area (Å²) in [6, 6.07) is 0. The first-order valence-corrected chi connectivity index (χ1v) is 3.49. The molecule has 1 aliphatic heterocycles. The Morgan fingerprint density at radius 2 is 2.30 bits per heavy atom. The summed E-state index contributed by atoms with van der Waals surface area (Å²) in [4.78, 5) is 0. The summed E-state index contributed by atoms with van der Waals surface area (Å²) in [7, 11) is 0. The third kappa shape index (κ3) is 2.11. The number of hydrazine groups is 1. The van der Waals surface area contributed by atoms with Crippen molar-refractivity contribution in [2.24, 2.45) is 5.73 Å². The lowest BCUT2D eigenvalue weighted by atomic mass is 10.4. The minimum Gasteiger partial charge on any atom is -0.330 e. The monoisotopic (exact) mass is 139 g/mol. The molecule has 0 spiro atoms. The van der Waals surface area contributed by atoms with Crippen LogP contribution < -0.4 is 11.2 Å². The summed E-state index contributed by atoms with van der Waals surface area (Å²) in [5, 5.41) is 2.01. The largest absolute Gasteiger partial charge is 0.330 e. The zero-order valence-corrected chi connectivity index (χ0v) is 5.96. The number of allylic oxidation sites excluding steroid dienone is 2. The SMILES string of the molecule is NCCCN1C=CC=CN1. The molecule has 0 saturated carbocycles. The van der Waals surface area contributed by atoms with Crippen molar-refractivity contribution in [2.75, 3.05) is 13.1 Å². The van der Waals surface area contributed by atoms with E-state index in [2.05, 4.69) is 5.43 Å². The minimum atomic E-state index is 0.746. The van der Waals surface area contributed by atoms with E-state index in [1.165, 1.54) is 0 Å². The van der Waals surface area contributed by atoms with Gasteiger partial charge in [-0.2, -0.15) is 0 Å². The Bertz CT molecular complexity index is 140. The molecule has 3 heteroatoms. The third-order valence-electron chi connectivity index (χ3n) is 1.32. The molecule has 0 saturated heterocycles. The number of rotatable bonds is 3. The van der Waals surface area contributed by atoms with Crippen molar-refractivity contribution in [3.8, 4) is 0 Å². The van der Waals surface area contributed by atoms with E-state index in [0.717, 1.165) is 19.5 Å². The smallest absolute Gasteiger partial charge is 0.0398 e. The third-order valence-corrected chi connectivity index (χ3v) is 1.32. The molecule has 0 bridgehead atoms. The summed E-state index contributed by atoms with van der Waals surface area (Å²) >= 11 is 0. The van der Waals surface area contributed by atoms with E-state index >= 15 is 0 Å². The van der Waals surface area contributed by atoms with Gasteiger partial charge >= 0.3 is 0 Å². The van der Waals surface area contributed by atoms with Crippen LogP contribution in [0, 0.1) is 0 Å². The van der Waals surface area contributed by atoms with Crippen molar-refractivity contribution in [3.63, 3.8) is 0 Å². The maximum Gasteiger partial charge on any atom is 0.0398 e. The first-order valence-electron chi connectivity index (χ1n) is 3.49. The van der Waals surface area contributed by atoms with Gasteiger partial charge in [-0.1, -0.05) is 0 Å². The van der Waals surface area contributed by atoms with E-state index in [1.807, 2.05) is 29.6 Å². The summed E-state index contributed by atoms with van der Waals surface area (Å²) in [6.07, 6.45) is 8.86. The van der Waals surface area contributed by atoms with Crippen LogP contribution in [-0.2, 0) is 0 Å². The first kappa shape index (κ1) is 7.15. The molecule has 0 aromatic rings. The summed E-state index contributed by atoms with van der Waals surface area (Å²) in [5.74, 6) is 0. The van der Waals surface area contributed by atoms with E-state index in [4.69, 9.17) is 5.73 Å². The quantitative estimate of drug-likeness (QED) is 0.586. The highest BCUT2D eigenvalue weighted by molar-refractivity contribution is 5.04. The van der Waals surface area contributed by atoms with Gasteiger partial charge in [0.05, 0.1) is 0 Å². The average Bonchev–Trinajstić information content (AvgIpc) is 2.03. The second-order valence-electron chi connectivity index (χ2n) is 2.17. The number of hydrogen-bond acceptors (Lipinski definition) is 3. The number of nitrogens with zero attached hydrogens (tertiary/aromatic N) is 1. The van der Waals surface area contributed by atoms with Gasteiger partial charge in [-0.15, -0.1) is 0 Å². The highest BCUT2D eigenvalue weighted by Crippen LogP contribution is 1.92. The van der Waals surface area contributed by atoms with Gasteiger partial charge in [0.25, 0.3) is 0 Å². The van der Waals surface area contributed by atoms with E-state index in [1.54, 1.807) is 0 Å². The minimum absolute atomic E-state index is 0.746. The standard InChI is InChI=1S/C7H13N3/c8-4-3-7-10-6-2-1-5-9-10/h1-2,5-6,9H,3-4,7-8H2. The Balaban J connectivity index is 2.17. The molecule has 0 fully saturated rings. The van der Waals surface area contributed by atoms with Crippen LogP contribution in [0.15, 0.2) is 24.6 Å². The fourth-order valence-electron chi connectivity index (χ4n) is 0.792. The van der Waals surface area contributed by atoms with Gasteiger partial charge < -0.3 is 11.2 Å². The molecule has 1 rings (SSSR count). The van der Waals surface area contributed by atoms with E-state index in [-0.39, 0.29) is 0 Å². The van der Waals surface area contributed by atoms with Crippen molar-refractivity contribution in [1.29, 1.82) is 0 Å². The van der Waals surface area contributed by atoms with Gasteiger partial charge in [-0.05, 0) is 25.1 Å². The molecule has 0 atom stereocenters. The fourth-order valence-corrected chi connectivity index (χ4v) is 0.792. The summed E-state index contributed by atoms with van der Waals surface area (Å²) < 4.78 is 0. The zero-order valence-electron chi connectivity index (χ0n) is 5.96. The molecular weight excluding hydrogens is 126 g/mol. The van der Waals surface area contributed by atoms with Crippen molar-refractivity contribution in [2.45, 2.75) is 6.42 Å². The van der Waals surface area contributed by atoms with Crippen LogP contribution in [0.1, 0.15) is 6.42 Å². The van der Waals surface area contributed by atoms with Crippen LogP contribution in [0.2, 0.25) is 0 Å². The molecule has 56 valence electrons. The van der Waals surface area contributed by atoms with E-state index < -0.39 is 0 Å².